The average Bonchev–Trinajstić information content (AvgIpc) is 2.73. The highest BCUT2D eigenvalue weighted by atomic mass is 15.2. The Kier molecular flexibility index (Phi) is 4.23. The second-order valence-electron chi connectivity index (χ2n) is 5.63. The standard InChI is InChI=1S/C15H25N3/c1-11(2)16-10-14-7-8-15(17-13(14)4)18-9-5-6-12(18)3/h7-8,11-12,16H,5-6,9-10H2,1-4H3. The number of hydrogen-bond acceptors (Lipinski definition) is 3. The van der Waals surface area contributed by atoms with Crippen LogP contribution in [0.1, 0.15) is 44.9 Å². The molecule has 100 valence electrons. The van der Waals surface area contributed by atoms with Crippen LogP contribution in [0.4, 0.5) is 5.82 Å². The fourth-order valence-electron chi connectivity index (χ4n) is 2.51. The van der Waals surface area contributed by atoms with Crippen molar-refractivity contribution in [3.05, 3.63) is 23.4 Å². The molecule has 1 atom stereocenters. The molecule has 0 aromatic carbocycles. The van der Waals surface area contributed by atoms with Crippen molar-refractivity contribution in [1.29, 1.82) is 0 Å². The summed E-state index contributed by atoms with van der Waals surface area (Å²) in [6.07, 6.45) is 2.58. The van der Waals surface area contributed by atoms with Crippen molar-refractivity contribution in [2.45, 2.75) is 59.2 Å². The Balaban J connectivity index is 2.09. The highest BCUT2D eigenvalue weighted by molar-refractivity contribution is 5.43. The van der Waals surface area contributed by atoms with Crippen LogP contribution in [0.2, 0.25) is 0 Å². The number of pyridine rings is 1. The van der Waals surface area contributed by atoms with E-state index in [1.54, 1.807) is 0 Å². The summed E-state index contributed by atoms with van der Waals surface area (Å²) in [5.74, 6) is 1.14. The summed E-state index contributed by atoms with van der Waals surface area (Å²) in [4.78, 5) is 7.19. The third-order valence-electron chi connectivity index (χ3n) is 3.73. The second kappa shape index (κ2) is 5.70. The van der Waals surface area contributed by atoms with Gasteiger partial charge in [-0.05, 0) is 38.3 Å². The Labute approximate surface area is 111 Å². The first-order chi connectivity index (χ1) is 8.58. The van der Waals surface area contributed by atoms with E-state index in [9.17, 15) is 0 Å². The Morgan fingerprint density at radius 3 is 2.78 bits per heavy atom. The van der Waals surface area contributed by atoms with E-state index >= 15 is 0 Å². The van der Waals surface area contributed by atoms with Crippen molar-refractivity contribution < 1.29 is 0 Å². The summed E-state index contributed by atoms with van der Waals surface area (Å²) in [6.45, 7) is 10.8. The van der Waals surface area contributed by atoms with Gasteiger partial charge in [-0.2, -0.15) is 0 Å². The minimum atomic E-state index is 0.516. The summed E-state index contributed by atoms with van der Waals surface area (Å²) in [5.41, 5.74) is 2.46. The van der Waals surface area contributed by atoms with E-state index in [1.807, 2.05) is 0 Å². The average molecular weight is 247 g/mol. The van der Waals surface area contributed by atoms with Gasteiger partial charge in [-0.25, -0.2) is 4.98 Å². The Morgan fingerprint density at radius 2 is 2.22 bits per heavy atom. The van der Waals surface area contributed by atoms with Gasteiger partial charge in [-0.1, -0.05) is 19.9 Å². The van der Waals surface area contributed by atoms with Gasteiger partial charge in [-0.15, -0.1) is 0 Å². The first-order valence-electron chi connectivity index (χ1n) is 7.04. The van der Waals surface area contributed by atoms with E-state index in [4.69, 9.17) is 4.98 Å². The lowest BCUT2D eigenvalue weighted by atomic mass is 10.2. The molecule has 3 nitrogen and oxygen atoms in total. The lowest BCUT2D eigenvalue weighted by Gasteiger charge is -2.23. The number of hydrogen-bond donors (Lipinski definition) is 1. The van der Waals surface area contributed by atoms with Crippen molar-refractivity contribution in [1.82, 2.24) is 10.3 Å². The van der Waals surface area contributed by atoms with Gasteiger partial charge in [0.15, 0.2) is 0 Å². The molecule has 1 N–H and O–H groups in total. The van der Waals surface area contributed by atoms with Gasteiger partial charge in [0, 0.05) is 30.9 Å². The minimum Gasteiger partial charge on any atom is -0.354 e. The fraction of sp³-hybridized carbons (Fsp3) is 0.667. The monoisotopic (exact) mass is 247 g/mol. The normalized spacial score (nSPS) is 19.8. The molecule has 1 saturated heterocycles. The van der Waals surface area contributed by atoms with Gasteiger partial charge in [0.1, 0.15) is 5.82 Å². The highest BCUT2D eigenvalue weighted by Gasteiger charge is 2.21. The molecule has 1 unspecified atom stereocenters. The molecule has 2 rings (SSSR count). The number of rotatable bonds is 4. The third-order valence-corrected chi connectivity index (χ3v) is 3.73. The number of anilines is 1. The van der Waals surface area contributed by atoms with E-state index in [-0.39, 0.29) is 0 Å². The van der Waals surface area contributed by atoms with Crippen LogP contribution in [0.25, 0.3) is 0 Å². The van der Waals surface area contributed by atoms with E-state index < -0.39 is 0 Å². The maximum absolute atomic E-state index is 4.77. The van der Waals surface area contributed by atoms with E-state index in [1.165, 1.54) is 18.4 Å². The largest absolute Gasteiger partial charge is 0.354 e. The van der Waals surface area contributed by atoms with Crippen LogP contribution >= 0.6 is 0 Å². The SMILES string of the molecule is Cc1nc(N2CCCC2C)ccc1CNC(C)C. The molecule has 0 aliphatic carbocycles. The fourth-order valence-corrected chi connectivity index (χ4v) is 2.51. The molecule has 1 aliphatic rings. The maximum atomic E-state index is 4.77. The van der Waals surface area contributed by atoms with Crippen molar-refractivity contribution in [3.63, 3.8) is 0 Å². The van der Waals surface area contributed by atoms with Gasteiger partial charge in [-0.3, -0.25) is 0 Å². The van der Waals surface area contributed by atoms with Crippen molar-refractivity contribution in [3.8, 4) is 0 Å². The van der Waals surface area contributed by atoms with Crippen LogP contribution in [-0.4, -0.2) is 23.6 Å². The predicted molar refractivity (Wildman–Crippen MR) is 77.0 cm³/mol. The molecule has 1 fully saturated rings. The quantitative estimate of drug-likeness (QED) is 0.886. The van der Waals surface area contributed by atoms with E-state index in [2.05, 4.69) is 50.0 Å². The molecule has 0 bridgehead atoms. The zero-order chi connectivity index (χ0) is 13.1. The Bertz CT molecular complexity index is 401. The summed E-state index contributed by atoms with van der Waals surface area (Å²) in [7, 11) is 0. The molecule has 0 saturated carbocycles. The van der Waals surface area contributed by atoms with E-state index in [0.29, 0.717) is 12.1 Å². The molecule has 1 aromatic heterocycles. The first-order valence-corrected chi connectivity index (χ1v) is 7.04. The van der Waals surface area contributed by atoms with Crippen LogP contribution in [-0.2, 0) is 6.54 Å². The summed E-state index contributed by atoms with van der Waals surface area (Å²) >= 11 is 0. The van der Waals surface area contributed by atoms with Crippen molar-refractivity contribution in [2.24, 2.45) is 0 Å². The van der Waals surface area contributed by atoms with Gasteiger partial charge < -0.3 is 10.2 Å². The Hall–Kier alpha value is -1.09. The summed E-state index contributed by atoms with van der Waals surface area (Å²) in [6, 6.07) is 5.55. The molecule has 2 heterocycles. The third kappa shape index (κ3) is 3.02. The molecule has 0 spiro atoms. The van der Waals surface area contributed by atoms with Crippen LogP contribution in [0, 0.1) is 6.92 Å². The van der Waals surface area contributed by atoms with E-state index in [0.717, 1.165) is 24.6 Å². The number of aromatic nitrogens is 1. The number of nitrogens with one attached hydrogen (secondary N) is 1. The minimum absolute atomic E-state index is 0.516. The molecular formula is C15H25N3. The molecular weight excluding hydrogens is 222 g/mol. The smallest absolute Gasteiger partial charge is 0.129 e. The molecule has 1 aromatic rings. The molecule has 0 amide bonds. The lowest BCUT2D eigenvalue weighted by Crippen LogP contribution is -2.27. The lowest BCUT2D eigenvalue weighted by molar-refractivity contribution is 0.586. The van der Waals surface area contributed by atoms with Gasteiger partial charge in [0.25, 0.3) is 0 Å². The predicted octanol–water partition coefficient (Wildman–Crippen LogP) is 2.88. The van der Waals surface area contributed by atoms with Crippen molar-refractivity contribution in [2.75, 3.05) is 11.4 Å². The summed E-state index contributed by atoms with van der Waals surface area (Å²) < 4.78 is 0. The zero-order valence-corrected chi connectivity index (χ0v) is 12.0. The molecule has 1 aliphatic heterocycles. The van der Waals surface area contributed by atoms with Crippen LogP contribution in [0.15, 0.2) is 12.1 Å². The summed E-state index contributed by atoms with van der Waals surface area (Å²) in [5, 5.41) is 3.45. The van der Waals surface area contributed by atoms with Gasteiger partial charge >= 0.3 is 0 Å². The number of aryl methyl sites for hydroxylation is 1. The second-order valence-corrected chi connectivity index (χ2v) is 5.63. The number of nitrogens with zero attached hydrogens (tertiary/aromatic N) is 2. The first kappa shape index (κ1) is 13.3. The topological polar surface area (TPSA) is 28.2 Å². The van der Waals surface area contributed by atoms with Gasteiger partial charge in [0.05, 0.1) is 0 Å². The van der Waals surface area contributed by atoms with Gasteiger partial charge in [0.2, 0.25) is 0 Å². The molecule has 0 radical (unpaired) electrons. The van der Waals surface area contributed by atoms with Crippen LogP contribution in [0.5, 0.6) is 0 Å². The highest BCUT2D eigenvalue weighted by Crippen LogP contribution is 2.24. The van der Waals surface area contributed by atoms with Crippen LogP contribution in [0.3, 0.4) is 0 Å². The maximum Gasteiger partial charge on any atom is 0.129 e. The van der Waals surface area contributed by atoms with Crippen LogP contribution < -0.4 is 10.2 Å². The molecule has 3 heteroatoms. The zero-order valence-electron chi connectivity index (χ0n) is 12.0. The van der Waals surface area contributed by atoms with Crippen molar-refractivity contribution >= 4 is 5.82 Å². The Morgan fingerprint density at radius 1 is 1.44 bits per heavy atom. The molecule has 18 heavy (non-hydrogen) atoms.